The zero-order valence-electron chi connectivity index (χ0n) is 19.7. The smallest absolute Gasteiger partial charge is 0.338 e. The van der Waals surface area contributed by atoms with Crippen LogP contribution in [0.15, 0.2) is 30.3 Å². The van der Waals surface area contributed by atoms with Crippen molar-refractivity contribution in [1.29, 1.82) is 0 Å². The van der Waals surface area contributed by atoms with E-state index >= 15 is 0 Å². The molecule has 32 heavy (non-hydrogen) atoms. The van der Waals surface area contributed by atoms with E-state index in [-0.39, 0.29) is 6.61 Å². The molecule has 5 atom stereocenters. The maximum atomic E-state index is 12.4. The Morgan fingerprint density at radius 2 is 1.38 bits per heavy atom. The topological polar surface area (TPSA) is 83.5 Å². The Hall–Kier alpha value is -1.51. The molecule has 182 valence electrons. The van der Waals surface area contributed by atoms with Crippen molar-refractivity contribution in [3.63, 3.8) is 0 Å². The van der Waals surface area contributed by atoms with Gasteiger partial charge in [-0.15, -0.1) is 0 Å². The lowest BCUT2D eigenvalue weighted by Gasteiger charge is -2.44. The minimum Gasteiger partial charge on any atom is -0.459 e. The number of aliphatic hydroxyl groups excluding tert-OH is 1. The number of rotatable bonds is 15. The van der Waals surface area contributed by atoms with Crippen molar-refractivity contribution in [3.8, 4) is 0 Å². The van der Waals surface area contributed by atoms with E-state index in [2.05, 4.69) is 20.8 Å². The first kappa shape index (κ1) is 26.7. The van der Waals surface area contributed by atoms with Crippen LogP contribution in [0.4, 0.5) is 0 Å². The van der Waals surface area contributed by atoms with Gasteiger partial charge in [0, 0.05) is 19.8 Å². The van der Waals surface area contributed by atoms with Crippen LogP contribution < -0.4 is 0 Å². The standard InChI is InChI=1S/C25H40O7/c1-4-7-15-28-21-20(18-31-24(26)19-13-11-10-12-14-19)32-25(27)23(30-17-9-6-3)22(21)29-16-8-5-2/h10-14,20-23,25,27H,4-9,15-18H2,1-3H3/t20?,21-,22?,23+,25-/m1/s1. The van der Waals surface area contributed by atoms with Gasteiger partial charge in [0.1, 0.15) is 31.0 Å². The van der Waals surface area contributed by atoms with Crippen LogP contribution in [0.3, 0.4) is 0 Å². The van der Waals surface area contributed by atoms with Crippen LogP contribution in [0.5, 0.6) is 0 Å². The molecular weight excluding hydrogens is 412 g/mol. The summed E-state index contributed by atoms with van der Waals surface area (Å²) in [4.78, 5) is 12.4. The lowest BCUT2D eigenvalue weighted by molar-refractivity contribution is -0.310. The molecule has 1 aliphatic heterocycles. The summed E-state index contributed by atoms with van der Waals surface area (Å²) in [7, 11) is 0. The Morgan fingerprint density at radius 1 is 0.844 bits per heavy atom. The summed E-state index contributed by atoms with van der Waals surface area (Å²) in [5.41, 5.74) is 0.462. The molecule has 0 saturated carbocycles. The van der Waals surface area contributed by atoms with Crippen molar-refractivity contribution in [2.45, 2.75) is 90.0 Å². The third-order valence-corrected chi connectivity index (χ3v) is 5.42. The number of carbonyl (C=O) groups is 1. The molecule has 0 aromatic heterocycles. The molecule has 1 aliphatic rings. The van der Waals surface area contributed by atoms with Gasteiger partial charge in [0.2, 0.25) is 0 Å². The van der Waals surface area contributed by atoms with Gasteiger partial charge in [-0.1, -0.05) is 58.2 Å². The van der Waals surface area contributed by atoms with Gasteiger partial charge in [0.15, 0.2) is 6.29 Å². The van der Waals surface area contributed by atoms with E-state index in [1.165, 1.54) is 0 Å². The molecule has 1 fully saturated rings. The fourth-order valence-corrected chi connectivity index (χ4v) is 3.50. The first-order valence-electron chi connectivity index (χ1n) is 12.0. The van der Waals surface area contributed by atoms with Crippen molar-refractivity contribution in [2.75, 3.05) is 26.4 Å². The Bertz CT molecular complexity index is 624. The molecule has 2 rings (SSSR count). The average molecular weight is 453 g/mol. The molecule has 0 aliphatic carbocycles. The van der Waals surface area contributed by atoms with Gasteiger partial charge < -0.3 is 28.8 Å². The van der Waals surface area contributed by atoms with Gasteiger partial charge in [-0.25, -0.2) is 4.79 Å². The molecule has 1 heterocycles. The summed E-state index contributed by atoms with van der Waals surface area (Å²) in [6.07, 6.45) is 2.08. The summed E-state index contributed by atoms with van der Waals surface area (Å²) in [5, 5.41) is 10.7. The number of hydrogen-bond acceptors (Lipinski definition) is 7. The fourth-order valence-electron chi connectivity index (χ4n) is 3.50. The van der Waals surface area contributed by atoms with Crippen LogP contribution in [0.1, 0.15) is 69.7 Å². The van der Waals surface area contributed by atoms with E-state index in [9.17, 15) is 9.90 Å². The molecule has 1 aromatic carbocycles. The van der Waals surface area contributed by atoms with Gasteiger partial charge in [0.25, 0.3) is 0 Å². The molecule has 1 N–H and O–H groups in total. The highest BCUT2D eigenvalue weighted by molar-refractivity contribution is 5.89. The third kappa shape index (κ3) is 8.45. The Labute approximate surface area is 192 Å². The van der Waals surface area contributed by atoms with Crippen LogP contribution in [0.25, 0.3) is 0 Å². The number of ether oxygens (including phenoxy) is 5. The molecule has 7 heteroatoms. The summed E-state index contributed by atoms with van der Waals surface area (Å²) >= 11 is 0. The first-order valence-corrected chi connectivity index (χ1v) is 12.0. The van der Waals surface area contributed by atoms with Crippen LogP contribution in [-0.4, -0.2) is 68.2 Å². The molecule has 7 nitrogen and oxygen atoms in total. The van der Waals surface area contributed by atoms with E-state index < -0.39 is 36.7 Å². The molecule has 1 aromatic rings. The number of benzene rings is 1. The van der Waals surface area contributed by atoms with Crippen molar-refractivity contribution in [2.24, 2.45) is 0 Å². The first-order chi connectivity index (χ1) is 15.6. The fraction of sp³-hybridized carbons (Fsp3) is 0.720. The second-order valence-electron chi connectivity index (χ2n) is 8.10. The lowest BCUT2D eigenvalue weighted by atomic mass is 9.98. The van der Waals surface area contributed by atoms with Gasteiger partial charge in [-0.05, 0) is 31.4 Å². The maximum Gasteiger partial charge on any atom is 0.338 e. The lowest BCUT2D eigenvalue weighted by Crippen LogP contribution is -2.61. The highest BCUT2D eigenvalue weighted by Crippen LogP contribution is 2.28. The minimum absolute atomic E-state index is 0.0447. The summed E-state index contributed by atoms with van der Waals surface area (Å²) in [6, 6.07) is 8.80. The average Bonchev–Trinajstić information content (AvgIpc) is 2.81. The van der Waals surface area contributed by atoms with Crippen molar-refractivity contribution in [3.05, 3.63) is 35.9 Å². The normalized spacial score (nSPS) is 25.6. The van der Waals surface area contributed by atoms with Crippen LogP contribution >= 0.6 is 0 Å². The zero-order chi connectivity index (χ0) is 23.2. The largest absolute Gasteiger partial charge is 0.459 e. The number of hydrogen-bond donors (Lipinski definition) is 1. The van der Waals surface area contributed by atoms with Gasteiger partial charge >= 0.3 is 5.97 Å². The molecular formula is C25H40O7. The molecule has 0 radical (unpaired) electrons. The summed E-state index contributed by atoms with van der Waals surface area (Å²) in [6.45, 7) is 7.79. The monoisotopic (exact) mass is 452 g/mol. The van der Waals surface area contributed by atoms with Crippen LogP contribution in [-0.2, 0) is 23.7 Å². The predicted octanol–water partition coefficient (Wildman–Crippen LogP) is 4.12. The predicted molar refractivity (Wildman–Crippen MR) is 122 cm³/mol. The van der Waals surface area contributed by atoms with E-state index in [1.807, 2.05) is 6.07 Å². The molecule has 2 unspecified atom stereocenters. The maximum absolute atomic E-state index is 12.4. The number of unbranched alkanes of at least 4 members (excludes halogenated alkanes) is 3. The van der Waals surface area contributed by atoms with Crippen LogP contribution in [0, 0.1) is 0 Å². The van der Waals surface area contributed by atoms with Crippen molar-refractivity contribution >= 4 is 5.97 Å². The van der Waals surface area contributed by atoms with Gasteiger partial charge in [0.05, 0.1) is 5.56 Å². The second-order valence-corrected chi connectivity index (χ2v) is 8.10. The highest BCUT2D eigenvalue weighted by atomic mass is 16.7. The third-order valence-electron chi connectivity index (χ3n) is 5.42. The minimum atomic E-state index is -1.19. The summed E-state index contributed by atoms with van der Waals surface area (Å²) < 4.78 is 29.7. The van der Waals surface area contributed by atoms with E-state index in [0.29, 0.717) is 25.4 Å². The van der Waals surface area contributed by atoms with Crippen molar-refractivity contribution < 1.29 is 33.6 Å². The van der Waals surface area contributed by atoms with Gasteiger partial charge in [-0.2, -0.15) is 0 Å². The Morgan fingerprint density at radius 3 is 1.94 bits per heavy atom. The summed E-state index contributed by atoms with van der Waals surface area (Å²) in [5.74, 6) is -0.444. The Balaban J connectivity index is 2.13. The molecule has 0 amide bonds. The molecule has 1 saturated heterocycles. The Kier molecular flexibility index (Phi) is 12.8. The van der Waals surface area contributed by atoms with Crippen molar-refractivity contribution in [1.82, 2.24) is 0 Å². The van der Waals surface area contributed by atoms with E-state index in [4.69, 9.17) is 23.7 Å². The molecule has 0 bridgehead atoms. The SMILES string of the molecule is CCCCOC1[C@H](OCCCC)C(COC(=O)c2ccccc2)O[C@@H](O)[C@H]1OCCCC. The number of carbonyl (C=O) groups excluding carboxylic acids is 1. The highest BCUT2D eigenvalue weighted by Gasteiger charge is 2.48. The van der Waals surface area contributed by atoms with E-state index in [1.54, 1.807) is 24.3 Å². The van der Waals surface area contributed by atoms with Gasteiger partial charge in [-0.3, -0.25) is 0 Å². The number of aliphatic hydroxyl groups is 1. The quantitative estimate of drug-likeness (QED) is 0.317. The van der Waals surface area contributed by atoms with E-state index in [0.717, 1.165) is 38.5 Å². The molecule has 0 spiro atoms. The number of esters is 1. The van der Waals surface area contributed by atoms with Crippen LogP contribution in [0.2, 0.25) is 0 Å². The zero-order valence-corrected chi connectivity index (χ0v) is 19.7. The second kappa shape index (κ2) is 15.3.